The lowest BCUT2D eigenvalue weighted by Gasteiger charge is -2.26. The quantitative estimate of drug-likeness (QED) is 0.351. The Hall–Kier alpha value is -2.86. The van der Waals surface area contributed by atoms with Gasteiger partial charge in [0.2, 0.25) is 0 Å². The first-order valence-electron chi connectivity index (χ1n) is 10.8. The molecule has 0 saturated carbocycles. The summed E-state index contributed by atoms with van der Waals surface area (Å²) in [7, 11) is 0. The molecule has 0 amide bonds. The molecule has 0 aliphatic carbocycles. The first-order chi connectivity index (χ1) is 15.2. The van der Waals surface area contributed by atoms with Crippen LogP contribution in [0.3, 0.4) is 0 Å². The van der Waals surface area contributed by atoms with Gasteiger partial charge in [0.05, 0.1) is 17.7 Å². The molecule has 2 heterocycles. The van der Waals surface area contributed by atoms with Gasteiger partial charge in [-0.1, -0.05) is 17.3 Å². The molecule has 29 heavy (non-hydrogen) atoms. The number of hydrogen-bond donors (Lipinski definition) is 0. The van der Waals surface area contributed by atoms with E-state index in [9.17, 15) is 0 Å². The number of hydrogen-bond acceptors (Lipinski definition) is 4. The van der Waals surface area contributed by atoms with Crippen molar-refractivity contribution in [3.05, 3.63) is 76.6 Å². The predicted octanol–water partition coefficient (Wildman–Crippen LogP) is 6.37. The third kappa shape index (κ3) is 3.60. The molecule has 5 nitrogen and oxygen atoms in total. The van der Waals surface area contributed by atoms with Crippen LogP contribution in [0, 0.1) is 20.7 Å². The Bertz CT molecular complexity index is 1230. The second kappa shape index (κ2) is 7.87. The molecule has 0 aliphatic rings. The number of rotatable bonds is 5. The molecule has 0 radical (unpaired) electrons. The number of anilines is 2. The second-order valence-corrected chi connectivity index (χ2v) is 7.64. The molecule has 148 valence electrons. The van der Waals surface area contributed by atoms with Crippen molar-refractivity contribution in [1.29, 1.82) is 0 Å². The van der Waals surface area contributed by atoms with Crippen LogP contribution in [-0.2, 0) is 0 Å². The van der Waals surface area contributed by atoms with Gasteiger partial charge in [-0.2, -0.15) is 0 Å². The first-order valence-corrected chi connectivity index (χ1v) is 10.1. The Morgan fingerprint density at radius 2 is 2.07 bits per heavy atom. The zero-order valence-corrected chi connectivity index (χ0v) is 18.1. The lowest BCUT2D eigenvalue weighted by atomic mass is 10.0. The summed E-state index contributed by atoms with van der Waals surface area (Å²) in [6, 6.07) is 11.4. The van der Waals surface area contributed by atoms with Gasteiger partial charge in [0.15, 0.2) is 0 Å². The molecule has 0 aliphatic heterocycles. The number of halogens is 1. The molecule has 0 bridgehead atoms. The van der Waals surface area contributed by atoms with E-state index in [1.54, 1.807) is 18.6 Å². The summed E-state index contributed by atoms with van der Waals surface area (Å²) in [6.07, 6.45) is 5.33. The van der Waals surface area contributed by atoms with Crippen molar-refractivity contribution in [2.24, 2.45) is 0 Å². The zero-order chi connectivity index (χ0) is 23.0. The average molecular weight is 454 g/mol. The van der Waals surface area contributed by atoms with Crippen molar-refractivity contribution < 1.29 is 8.64 Å². The summed E-state index contributed by atoms with van der Waals surface area (Å²) >= 11 is 3.65. The van der Waals surface area contributed by atoms with Gasteiger partial charge in [0.1, 0.15) is 5.76 Å². The van der Waals surface area contributed by atoms with E-state index >= 15 is 0 Å². The summed E-state index contributed by atoms with van der Waals surface area (Å²) in [5.74, 6) is 0.700. The van der Waals surface area contributed by atoms with Crippen LogP contribution in [-0.4, -0.2) is 21.3 Å². The van der Waals surface area contributed by atoms with Gasteiger partial charge in [-0.05, 0) is 78.9 Å². The molecular formula is C23H23BrN4O. The maximum Gasteiger partial charge on any atom is 0.141 e. The maximum absolute atomic E-state index is 8.10. The van der Waals surface area contributed by atoms with Crippen LogP contribution in [0.4, 0.5) is 11.4 Å². The van der Waals surface area contributed by atoms with Crippen LogP contribution in [0.2, 0.25) is 0 Å². The van der Waals surface area contributed by atoms with Crippen LogP contribution in [0.5, 0.6) is 0 Å². The molecule has 0 atom stereocenters. The van der Waals surface area contributed by atoms with Crippen LogP contribution in [0.1, 0.15) is 28.1 Å². The highest BCUT2D eigenvalue weighted by Crippen LogP contribution is 2.36. The zero-order valence-electron chi connectivity index (χ0n) is 19.5. The van der Waals surface area contributed by atoms with Crippen LogP contribution < -0.4 is 4.90 Å². The van der Waals surface area contributed by atoms with E-state index in [2.05, 4.69) is 26.1 Å². The molecule has 4 aromatic rings. The van der Waals surface area contributed by atoms with Gasteiger partial charge in [0.25, 0.3) is 0 Å². The van der Waals surface area contributed by atoms with Crippen molar-refractivity contribution in [2.45, 2.75) is 27.6 Å². The fraction of sp³-hybridized carbons (Fsp3) is 0.217. The summed E-state index contributed by atoms with van der Waals surface area (Å²) in [5, 5.41) is 4.05. The van der Waals surface area contributed by atoms with E-state index in [1.807, 2.05) is 66.8 Å². The molecule has 0 fully saturated rings. The normalized spacial score (nSPS) is 13.0. The first kappa shape index (κ1) is 16.0. The monoisotopic (exact) mass is 453 g/mol. The number of aromatic nitrogens is 3. The summed E-state index contributed by atoms with van der Waals surface area (Å²) in [4.78, 5) is 6.11. The van der Waals surface area contributed by atoms with Gasteiger partial charge in [-0.25, -0.2) is 4.98 Å². The Labute approximate surface area is 183 Å². The molecule has 0 N–H and O–H groups in total. The van der Waals surface area contributed by atoms with E-state index in [4.69, 9.17) is 8.64 Å². The van der Waals surface area contributed by atoms with Crippen molar-refractivity contribution in [3.63, 3.8) is 0 Å². The second-order valence-electron chi connectivity index (χ2n) is 6.78. The van der Waals surface area contributed by atoms with E-state index in [0.717, 1.165) is 32.7 Å². The third-order valence-corrected chi connectivity index (χ3v) is 5.59. The molecule has 2 aromatic carbocycles. The minimum atomic E-state index is -2.26. The van der Waals surface area contributed by atoms with Crippen LogP contribution in [0.25, 0.3) is 16.8 Å². The Morgan fingerprint density at radius 3 is 2.69 bits per heavy atom. The van der Waals surface area contributed by atoms with Crippen LogP contribution in [0.15, 0.2) is 64.1 Å². The molecule has 0 unspecified atom stereocenters. The van der Waals surface area contributed by atoms with E-state index in [0.29, 0.717) is 23.6 Å². The largest absolute Gasteiger partial charge is 0.361 e. The smallest absolute Gasteiger partial charge is 0.141 e. The highest BCUT2D eigenvalue weighted by Gasteiger charge is 2.17. The van der Waals surface area contributed by atoms with Crippen molar-refractivity contribution >= 4 is 27.3 Å². The van der Waals surface area contributed by atoms with Crippen molar-refractivity contribution in [1.82, 2.24) is 14.7 Å². The van der Waals surface area contributed by atoms with Crippen molar-refractivity contribution in [2.75, 3.05) is 11.4 Å². The fourth-order valence-corrected chi connectivity index (χ4v) is 4.14. The minimum Gasteiger partial charge on any atom is -0.361 e. The molecular weight excluding hydrogens is 428 g/mol. The topological polar surface area (TPSA) is 47.1 Å². The predicted molar refractivity (Wildman–Crippen MR) is 120 cm³/mol. The molecule has 4 rings (SSSR count). The number of aryl methyl sites for hydroxylation is 3. The summed E-state index contributed by atoms with van der Waals surface area (Å²) in [6.45, 7) is 4.07. The van der Waals surface area contributed by atoms with Gasteiger partial charge in [-0.3, -0.25) is 0 Å². The van der Waals surface area contributed by atoms with E-state index in [1.165, 1.54) is 0 Å². The van der Waals surface area contributed by atoms with E-state index < -0.39 is 6.85 Å². The average Bonchev–Trinajstić information content (AvgIpc) is 3.38. The van der Waals surface area contributed by atoms with Gasteiger partial charge >= 0.3 is 0 Å². The number of nitrogens with zero attached hydrogens (tertiary/aromatic N) is 4. The molecule has 6 heteroatoms. The van der Waals surface area contributed by atoms with Crippen molar-refractivity contribution in [3.8, 4) is 16.8 Å². The number of benzene rings is 2. The van der Waals surface area contributed by atoms with Gasteiger partial charge in [0, 0.05) is 44.5 Å². The summed E-state index contributed by atoms with van der Waals surface area (Å²) < 4.78 is 32.4. The third-order valence-electron chi connectivity index (χ3n) is 4.95. The lowest BCUT2D eigenvalue weighted by Crippen LogP contribution is -2.17. The Kier molecular flexibility index (Phi) is 4.34. The Balaban J connectivity index is 1.85. The van der Waals surface area contributed by atoms with E-state index in [-0.39, 0.29) is 0 Å². The molecule has 0 spiro atoms. The highest BCUT2D eigenvalue weighted by molar-refractivity contribution is 9.10. The summed E-state index contributed by atoms with van der Waals surface area (Å²) in [5.41, 5.74) is 5.28. The number of imidazole rings is 1. The standard InChI is InChI=1S/C23H23BrN4O/c1-5-28(19-8-9-21(20(24)13-19)27-11-10-25-14-27)22-12-18(7-6-15(22)2)23-16(3)26-29-17(23)4/h6-14H,5H2,1-4H3/i2D3. The lowest BCUT2D eigenvalue weighted by molar-refractivity contribution is 0.393. The molecule has 0 saturated heterocycles. The maximum atomic E-state index is 8.10. The minimum absolute atomic E-state index is 0.296. The highest BCUT2D eigenvalue weighted by atomic mass is 79.9. The van der Waals surface area contributed by atoms with Gasteiger partial charge < -0.3 is 14.0 Å². The molecule has 2 aromatic heterocycles. The van der Waals surface area contributed by atoms with Gasteiger partial charge in [-0.15, -0.1) is 0 Å². The Morgan fingerprint density at radius 1 is 1.21 bits per heavy atom. The fourth-order valence-electron chi connectivity index (χ4n) is 3.57. The van der Waals surface area contributed by atoms with Crippen LogP contribution >= 0.6 is 15.9 Å². The SMILES string of the molecule is [2H]C([2H])([2H])c1ccc(-c2c(C)noc2C)cc1N(CC)c1ccc(-n2ccnc2)c(Br)c1.